The molecule has 0 radical (unpaired) electrons. The van der Waals surface area contributed by atoms with Gasteiger partial charge in [0.25, 0.3) is 0 Å². The SMILES string of the molecule is CN1c2ccccccccc2C2CCCCCCCC21. The van der Waals surface area contributed by atoms with E-state index in [-0.39, 0.29) is 0 Å². The highest BCUT2D eigenvalue weighted by Gasteiger charge is 2.34. The van der Waals surface area contributed by atoms with Crippen molar-refractivity contribution in [2.75, 3.05) is 11.9 Å². The van der Waals surface area contributed by atoms with E-state index >= 15 is 0 Å². The van der Waals surface area contributed by atoms with Gasteiger partial charge in [-0.2, -0.15) is 0 Å². The van der Waals surface area contributed by atoms with Gasteiger partial charge in [0.1, 0.15) is 0 Å². The van der Waals surface area contributed by atoms with E-state index in [1.165, 1.54) is 50.6 Å². The van der Waals surface area contributed by atoms with Crippen LogP contribution in [0.4, 0.5) is 5.69 Å². The average molecular weight is 281 g/mol. The summed E-state index contributed by atoms with van der Waals surface area (Å²) >= 11 is 0. The Labute approximate surface area is 129 Å². The van der Waals surface area contributed by atoms with Gasteiger partial charge in [-0.05, 0) is 24.5 Å². The quantitative estimate of drug-likeness (QED) is 0.610. The summed E-state index contributed by atoms with van der Waals surface area (Å²) in [6.07, 6.45) is 9.74. The highest BCUT2D eigenvalue weighted by molar-refractivity contribution is 5.60. The third-order valence-corrected chi connectivity index (χ3v) is 5.14. The lowest BCUT2D eigenvalue weighted by Gasteiger charge is -2.26. The third kappa shape index (κ3) is 3.23. The summed E-state index contributed by atoms with van der Waals surface area (Å²) in [5.74, 6) is 0.723. The molecule has 1 aliphatic carbocycles. The molecule has 0 bridgehead atoms. The zero-order valence-electron chi connectivity index (χ0n) is 13.2. The van der Waals surface area contributed by atoms with E-state index in [2.05, 4.69) is 60.5 Å². The number of hydrogen-bond acceptors (Lipinski definition) is 1. The van der Waals surface area contributed by atoms with Crippen LogP contribution in [0.25, 0.3) is 0 Å². The number of fused-ring (bicyclic) bond motifs is 3. The highest BCUT2D eigenvalue weighted by Crippen LogP contribution is 2.44. The summed E-state index contributed by atoms with van der Waals surface area (Å²) in [4.78, 5) is 2.55. The van der Waals surface area contributed by atoms with Gasteiger partial charge in [-0.15, -0.1) is 0 Å². The van der Waals surface area contributed by atoms with E-state index in [9.17, 15) is 0 Å². The van der Waals surface area contributed by atoms with Crippen LogP contribution in [0.3, 0.4) is 0 Å². The first-order chi connectivity index (χ1) is 10.4. The van der Waals surface area contributed by atoms with Gasteiger partial charge in [0, 0.05) is 24.7 Å². The molecule has 0 saturated heterocycles. The van der Waals surface area contributed by atoms with Crippen LogP contribution >= 0.6 is 0 Å². The van der Waals surface area contributed by atoms with Crippen LogP contribution in [0, 0.1) is 0 Å². The maximum Gasteiger partial charge on any atom is 0.0402 e. The smallest absolute Gasteiger partial charge is 0.0402 e. The van der Waals surface area contributed by atoms with Crippen LogP contribution in [0.2, 0.25) is 0 Å². The van der Waals surface area contributed by atoms with Gasteiger partial charge in [0.05, 0.1) is 0 Å². The van der Waals surface area contributed by atoms with Crippen molar-refractivity contribution in [3.8, 4) is 0 Å². The molecule has 0 N–H and O–H groups in total. The van der Waals surface area contributed by atoms with E-state index in [0.717, 1.165) is 5.92 Å². The number of anilines is 1. The second kappa shape index (κ2) is 6.98. The predicted molar refractivity (Wildman–Crippen MR) is 91.3 cm³/mol. The Morgan fingerprint density at radius 3 is 2.19 bits per heavy atom. The molecule has 3 rings (SSSR count). The Morgan fingerprint density at radius 1 is 0.762 bits per heavy atom. The fraction of sp³-hybridized carbons (Fsp3) is 0.500. The van der Waals surface area contributed by atoms with Crippen LogP contribution in [-0.2, 0) is 0 Å². The van der Waals surface area contributed by atoms with Crippen LogP contribution < -0.4 is 4.90 Å². The lowest BCUT2D eigenvalue weighted by molar-refractivity contribution is 0.477. The fourth-order valence-electron chi connectivity index (χ4n) is 4.03. The lowest BCUT2D eigenvalue weighted by atomic mass is 9.89. The van der Waals surface area contributed by atoms with Crippen LogP contribution in [-0.4, -0.2) is 13.1 Å². The predicted octanol–water partition coefficient (Wildman–Crippen LogP) is 5.46. The Morgan fingerprint density at radius 2 is 1.38 bits per heavy atom. The molecule has 1 aliphatic heterocycles. The van der Waals surface area contributed by atoms with E-state index in [1.54, 1.807) is 5.56 Å². The molecule has 1 nitrogen and oxygen atoms in total. The normalized spacial score (nSPS) is 24.9. The highest BCUT2D eigenvalue weighted by atomic mass is 15.2. The molecule has 0 amide bonds. The summed E-state index contributed by atoms with van der Waals surface area (Å²) in [6, 6.07) is 18.2. The number of nitrogens with zero attached hydrogens (tertiary/aromatic N) is 1. The summed E-state index contributed by atoms with van der Waals surface area (Å²) in [6.45, 7) is 0. The Bertz CT molecular complexity index is 521. The summed E-state index contributed by atoms with van der Waals surface area (Å²) in [5.41, 5.74) is 2.99. The van der Waals surface area contributed by atoms with Gasteiger partial charge in [-0.25, -0.2) is 0 Å². The van der Waals surface area contributed by atoms with Crippen LogP contribution in [0.5, 0.6) is 0 Å². The zero-order chi connectivity index (χ0) is 14.5. The largest absolute Gasteiger partial charge is 0.371 e. The standard InChI is InChI=1S/C20H27N/c1-21-19-15-11-7-3-2-5-9-13-17(19)18-14-10-6-4-8-12-16-20(18)21/h2-3,5,7,9,11,13,15,18,20H,4,6,8,10,12,14,16H2,1H3. The summed E-state index contributed by atoms with van der Waals surface area (Å²) < 4.78 is 0. The molecule has 0 spiro atoms. The monoisotopic (exact) mass is 281 g/mol. The lowest BCUT2D eigenvalue weighted by Crippen LogP contribution is -2.30. The van der Waals surface area contributed by atoms with Gasteiger partial charge in [-0.3, -0.25) is 0 Å². The summed E-state index contributed by atoms with van der Waals surface area (Å²) in [5, 5.41) is 0. The summed E-state index contributed by atoms with van der Waals surface area (Å²) in [7, 11) is 2.29. The average Bonchev–Trinajstić information content (AvgIpc) is 2.81. The van der Waals surface area contributed by atoms with Crippen molar-refractivity contribution in [2.24, 2.45) is 0 Å². The van der Waals surface area contributed by atoms with Gasteiger partial charge >= 0.3 is 0 Å². The molecule has 21 heavy (non-hydrogen) atoms. The maximum atomic E-state index is 2.55. The fourth-order valence-corrected chi connectivity index (χ4v) is 4.03. The Hall–Kier alpha value is -1.50. The van der Waals surface area contributed by atoms with Gasteiger partial charge < -0.3 is 4.90 Å². The third-order valence-electron chi connectivity index (χ3n) is 5.14. The Balaban J connectivity index is 2.03. The number of likely N-dealkylation sites (N-methyl/N-ethyl adjacent to an activating group) is 1. The Kier molecular flexibility index (Phi) is 4.80. The molecule has 1 aromatic carbocycles. The molecule has 1 heterocycles. The number of rotatable bonds is 0. The topological polar surface area (TPSA) is 3.24 Å². The molecule has 1 fully saturated rings. The molecule has 1 heteroatoms. The molecule has 2 aliphatic rings. The molecule has 112 valence electrons. The van der Waals surface area contributed by atoms with E-state index < -0.39 is 0 Å². The molecule has 2 unspecified atom stereocenters. The van der Waals surface area contributed by atoms with Crippen molar-refractivity contribution in [1.82, 2.24) is 0 Å². The zero-order valence-corrected chi connectivity index (χ0v) is 13.2. The van der Waals surface area contributed by atoms with Crippen molar-refractivity contribution < 1.29 is 0 Å². The second-order valence-electron chi connectivity index (χ2n) is 6.46. The molecule has 1 aromatic rings. The first kappa shape index (κ1) is 14.4. The van der Waals surface area contributed by atoms with E-state index in [0.29, 0.717) is 6.04 Å². The van der Waals surface area contributed by atoms with Crippen molar-refractivity contribution in [2.45, 2.75) is 56.9 Å². The van der Waals surface area contributed by atoms with Crippen molar-refractivity contribution in [3.05, 3.63) is 54.1 Å². The van der Waals surface area contributed by atoms with Crippen molar-refractivity contribution in [1.29, 1.82) is 0 Å². The van der Waals surface area contributed by atoms with Crippen LogP contribution in [0.1, 0.15) is 56.4 Å². The van der Waals surface area contributed by atoms with Gasteiger partial charge in [0.15, 0.2) is 0 Å². The first-order valence-corrected chi connectivity index (χ1v) is 8.53. The molecule has 0 aromatic heterocycles. The van der Waals surface area contributed by atoms with E-state index in [4.69, 9.17) is 0 Å². The first-order valence-electron chi connectivity index (χ1n) is 8.53. The van der Waals surface area contributed by atoms with Gasteiger partial charge in [0.2, 0.25) is 0 Å². The molecule has 2 atom stereocenters. The minimum Gasteiger partial charge on any atom is -0.371 e. The van der Waals surface area contributed by atoms with Gasteiger partial charge in [-0.1, -0.05) is 74.6 Å². The molecular formula is C20H27N. The number of hydrogen-bond donors (Lipinski definition) is 0. The minimum atomic E-state index is 0.705. The van der Waals surface area contributed by atoms with E-state index in [1.807, 2.05) is 0 Å². The van der Waals surface area contributed by atoms with Crippen LogP contribution in [0.15, 0.2) is 48.5 Å². The second-order valence-corrected chi connectivity index (χ2v) is 6.46. The minimum absolute atomic E-state index is 0.705. The maximum absolute atomic E-state index is 2.55. The molecular weight excluding hydrogens is 254 g/mol. The van der Waals surface area contributed by atoms with Crippen molar-refractivity contribution in [3.63, 3.8) is 0 Å². The molecule has 1 saturated carbocycles. The van der Waals surface area contributed by atoms with Crippen molar-refractivity contribution >= 4 is 5.69 Å².